The zero-order chi connectivity index (χ0) is 13.8. The van der Waals surface area contributed by atoms with Crippen LogP contribution in [-0.2, 0) is 13.0 Å². The van der Waals surface area contributed by atoms with Crippen molar-refractivity contribution in [1.29, 1.82) is 0 Å². The zero-order valence-corrected chi connectivity index (χ0v) is 11.9. The van der Waals surface area contributed by atoms with Crippen molar-refractivity contribution in [3.63, 3.8) is 0 Å². The molecule has 0 radical (unpaired) electrons. The lowest BCUT2D eigenvalue weighted by Crippen LogP contribution is -2.12. The molecular formula is C15H17ClN2O. The molecule has 1 N–H and O–H groups in total. The van der Waals surface area contributed by atoms with Crippen molar-refractivity contribution in [3.8, 4) is 0 Å². The Labute approximate surface area is 118 Å². The number of halogens is 1. The van der Waals surface area contributed by atoms with Crippen LogP contribution in [0.15, 0.2) is 36.5 Å². The van der Waals surface area contributed by atoms with Crippen LogP contribution in [0, 0.1) is 0 Å². The normalized spacial score (nSPS) is 10.5. The summed E-state index contributed by atoms with van der Waals surface area (Å²) in [5.74, 6) is 0.683. The first-order valence-corrected chi connectivity index (χ1v) is 6.61. The van der Waals surface area contributed by atoms with E-state index in [0.717, 1.165) is 12.1 Å². The quantitative estimate of drug-likeness (QED) is 0.928. The van der Waals surface area contributed by atoms with Gasteiger partial charge < -0.3 is 10.0 Å². The molecule has 0 aliphatic rings. The Morgan fingerprint density at radius 3 is 2.42 bits per heavy atom. The first-order valence-electron chi connectivity index (χ1n) is 6.23. The molecule has 1 aromatic carbocycles. The van der Waals surface area contributed by atoms with Gasteiger partial charge in [-0.2, -0.15) is 0 Å². The number of aliphatic hydroxyl groups excluding tert-OH is 1. The molecule has 0 atom stereocenters. The number of hydrogen-bond acceptors (Lipinski definition) is 3. The summed E-state index contributed by atoms with van der Waals surface area (Å²) in [6.07, 6.45) is 2.66. The number of benzene rings is 1. The third-order valence-corrected chi connectivity index (χ3v) is 3.39. The minimum Gasteiger partial charge on any atom is -0.392 e. The molecule has 0 aliphatic carbocycles. The molecular weight excluding hydrogens is 260 g/mol. The number of anilines is 2. The summed E-state index contributed by atoms with van der Waals surface area (Å²) in [6.45, 7) is 2.08. The lowest BCUT2D eigenvalue weighted by atomic mass is 10.1. The molecule has 0 aliphatic heterocycles. The lowest BCUT2D eigenvalue weighted by molar-refractivity contribution is 0.281. The number of aryl methyl sites for hydroxylation is 1. The number of rotatable bonds is 4. The monoisotopic (exact) mass is 276 g/mol. The van der Waals surface area contributed by atoms with E-state index in [2.05, 4.69) is 36.2 Å². The first kappa shape index (κ1) is 13.8. The maximum absolute atomic E-state index is 9.05. The van der Waals surface area contributed by atoms with Crippen molar-refractivity contribution in [1.82, 2.24) is 4.98 Å². The van der Waals surface area contributed by atoms with Gasteiger partial charge in [0.25, 0.3) is 0 Å². The van der Waals surface area contributed by atoms with Crippen molar-refractivity contribution < 1.29 is 5.11 Å². The van der Waals surface area contributed by atoms with Gasteiger partial charge in [-0.3, -0.25) is 0 Å². The third-order valence-electron chi connectivity index (χ3n) is 3.11. The Balaban J connectivity index is 2.29. The second-order valence-electron chi connectivity index (χ2n) is 4.39. The maximum Gasteiger partial charge on any atom is 0.151 e. The van der Waals surface area contributed by atoms with Crippen molar-refractivity contribution in [3.05, 3.63) is 52.7 Å². The van der Waals surface area contributed by atoms with E-state index in [0.29, 0.717) is 16.4 Å². The molecule has 0 saturated carbocycles. The summed E-state index contributed by atoms with van der Waals surface area (Å²) in [5.41, 5.74) is 3.04. The van der Waals surface area contributed by atoms with Crippen LogP contribution in [0.25, 0.3) is 0 Å². The van der Waals surface area contributed by atoms with Crippen molar-refractivity contribution in [2.75, 3.05) is 11.9 Å². The van der Waals surface area contributed by atoms with Crippen LogP contribution in [0.2, 0.25) is 5.02 Å². The molecule has 0 bridgehead atoms. The highest BCUT2D eigenvalue weighted by molar-refractivity contribution is 6.33. The van der Waals surface area contributed by atoms with E-state index in [-0.39, 0.29) is 6.61 Å². The predicted octanol–water partition coefficient (Wildman–Crippen LogP) is 3.56. The van der Waals surface area contributed by atoms with Crippen LogP contribution in [0.1, 0.15) is 18.1 Å². The van der Waals surface area contributed by atoms with Gasteiger partial charge in [0, 0.05) is 18.9 Å². The lowest BCUT2D eigenvalue weighted by Gasteiger charge is -2.20. The first-order chi connectivity index (χ1) is 9.15. The second kappa shape index (κ2) is 6.04. The zero-order valence-electron chi connectivity index (χ0n) is 11.1. The third kappa shape index (κ3) is 3.06. The summed E-state index contributed by atoms with van der Waals surface area (Å²) in [4.78, 5) is 6.24. The van der Waals surface area contributed by atoms with E-state index < -0.39 is 0 Å². The average molecular weight is 277 g/mol. The molecule has 1 aromatic heterocycles. The molecule has 3 nitrogen and oxygen atoms in total. The standard InChI is InChI=1S/C15H17ClN2O/c1-3-11-4-6-13(7-5-11)18(2)15-14(16)8-12(10-19)9-17-15/h4-9,19H,3,10H2,1-2H3. The Morgan fingerprint density at radius 2 is 1.89 bits per heavy atom. The molecule has 0 amide bonds. The number of nitrogens with zero attached hydrogens (tertiary/aromatic N) is 2. The minimum atomic E-state index is -0.0537. The Morgan fingerprint density at radius 1 is 1.21 bits per heavy atom. The second-order valence-corrected chi connectivity index (χ2v) is 4.79. The number of aromatic nitrogens is 1. The molecule has 2 aromatic rings. The topological polar surface area (TPSA) is 36.4 Å². The maximum atomic E-state index is 9.05. The van der Waals surface area contributed by atoms with E-state index >= 15 is 0 Å². The van der Waals surface area contributed by atoms with Crippen molar-refractivity contribution >= 4 is 23.1 Å². The van der Waals surface area contributed by atoms with Gasteiger partial charge in [0.2, 0.25) is 0 Å². The molecule has 2 rings (SSSR count). The van der Waals surface area contributed by atoms with Crippen LogP contribution in [0.4, 0.5) is 11.5 Å². The van der Waals surface area contributed by atoms with E-state index in [1.54, 1.807) is 12.3 Å². The highest BCUT2D eigenvalue weighted by Gasteiger charge is 2.10. The van der Waals surface area contributed by atoms with Crippen LogP contribution >= 0.6 is 11.6 Å². The fourth-order valence-corrected chi connectivity index (χ4v) is 2.20. The van der Waals surface area contributed by atoms with Gasteiger partial charge in [-0.25, -0.2) is 4.98 Å². The summed E-state index contributed by atoms with van der Waals surface area (Å²) in [5, 5.41) is 9.59. The van der Waals surface area contributed by atoms with Gasteiger partial charge in [-0.15, -0.1) is 0 Å². The molecule has 1 heterocycles. The minimum absolute atomic E-state index is 0.0537. The summed E-state index contributed by atoms with van der Waals surface area (Å²) >= 11 is 6.20. The van der Waals surface area contributed by atoms with Gasteiger partial charge in [0.1, 0.15) is 0 Å². The van der Waals surface area contributed by atoms with Gasteiger partial charge in [0.05, 0.1) is 11.6 Å². The summed E-state index contributed by atoms with van der Waals surface area (Å²) in [6, 6.07) is 10.0. The van der Waals surface area contributed by atoms with Crippen molar-refractivity contribution in [2.45, 2.75) is 20.0 Å². The van der Waals surface area contributed by atoms with Gasteiger partial charge in [0.15, 0.2) is 5.82 Å². The SMILES string of the molecule is CCc1ccc(N(C)c2ncc(CO)cc2Cl)cc1. The number of hydrogen-bond donors (Lipinski definition) is 1. The largest absolute Gasteiger partial charge is 0.392 e. The van der Waals surface area contributed by atoms with Crippen LogP contribution in [0.5, 0.6) is 0 Å². The van der Waals surface area contributed by atoms with Crippen LogP contribution in [0.3, 0.4) is 0 Å². The Hall–Kier alpha value is -1.58. The smallest absolute Gasteiger partial charge is 0.151 e. The highest BCUT2D eigenvalue weighted by Crippen LogP contribution is 2.29. The fraction of sp³-hybridized carbons (Fsp3) is 0.267. The molecule has 0 fully saturated rings. The molecule has 100 valence electrons. The van der Waals surface area contributed by atoms with Crippen molar-refractivity contribution in [2.24, 2.45) is 0 Å². The van der Waals surface area contributed by atoms with E-state index in [4.69, 9.17) is 16.7 Å². The highest BCUT2D eigenvalue weighted by atomic mass is 35.5. The number of aliphatic hydroxyl groups is 1. The summed E-state index contributed by atoms with van der Waals surface area (Å²) < 4.78 is 0. The number of pyridine rings is 1. The Bertz CT molecular complexity index is 555. The molecule has 4 heteroatoms. The molecule has 0 saturated heterocycles. The van der Waals surface area contributed by atoms with Gasteiger partial charge >= 0.3 is 0 Å². The van der Waals surface area contributed by atoms with Gasteiger partial charge in [-0.05, 0) is 35.7 Å². The Kier molecular flexibility index (Phi) is 4.40. The van der Waals surface area contributed by atoms with E-state index in [9.17, 15) is 0 Å². The average Bonchev–Trinajstić information content (AvgIpc) is 2.46. The predicted molar refractivity (Wildman–Crippen MR) is 79.1 cm³/mol. The van der Waals surface area contributed by atoms with Gasteiger partial charge in [-0.1, -0.05) is 30.7 Å². The molecule has 0 spiro atoms. The van der Waals surface area contributed by atoms with Crippen LogP contribution in [-0.4, -0.2) is 17.1 Å². The summed E-state index contributed by atoms with van der Waals surface area (Å²) in [7, 11) is 1.92. The van der Waals surface area contributed by atoms with Crippen LogP contribution < -0.4 is 4.90 Å². The van der Waals surface area contributed by atoms with E-state index in [1.165, 1.54) is 5.56 Å². The molecule has 19 heavy (non-hydrogen) atoms. The fourth-order valence-electron chi connectivity index (χ4n) is 1.88. The van der Waals surface area contributed by atoms with E-state index in [1.807, 2.05) is 11.9 Å². The molecule has 0 unspecified atom stereocenters.